The Morgan fingerprint density at radius 1 is 1.60 bits per heavy atom. The summed E-state index contributed by atoms with van der Waals surface area (Å²) in [7, 11) is -0.384. The van der Waals surface area contributed by atoms with Gasteiger partial charge >= 0.3 is 0 Å². The second-order valence-corrected chi connectivity index (χ2v) is 7.48. The minimum absolute atomic E-state index is 0.308. The van der Waals surface area contributed by atoms with Gasteiger partial charge in [-0.1, -0.05) is 24.3 Å². The van der Waals surface area contributed by atoms with Gasteiger partial charge in [0.25, 0.3) is 0 Å². The summed E-state index contributed by atoms with van der Waals surface area (Å²) in [5.41, 5.74) is 0. The number of hydrogen-bond donors (Lipinski definition) is 0. The van der Waals surface area contributed by atoms with E-state index in [0.29, 0.717) is 4.75 Å². The first kappa shape index (κ1) is 8.43. The first-order valence-electron chi connectivity index (χ1n) is 3.31. The van der Waals surface area contributed by atoms with Gasteiger partial charge in [0, 0.05) is 4.75 Å². The maximum Gasteiger partial charge on any atom is 0.185 e. The predicted octanol–water partition coefficient (Wildman–Crippen LogP) is 2.23. The smallest absolute Gasteiger partial charge is 0.163 e. The zero-order chi connectivity index (χ0) is 7.45. The van der Waals surface area contributed by atoms with Crippen LogP contribution in [0.5, 0.6) is 0 Å². The second-order valence-electron chi connectivity index (χ2n) is 2.56. The molecule has 1 aliphatic rings. The Hall–Kier alpha value is 0.337. The molecule has 0 aromatic carbocycles. The van der Waals surface area contributed by atoms with E-state index in [9.17, 15) is 0 Å². The fourth-order valence-corrected chi connectivity index (χ4v) is 5.21. The van der Waals surface area contributed by atoms with Gasteiger partial charge in [-0.25, -0.2) is 0 Å². The van der Waals surface area contributed by atoms with Crippen molar-refractivity contribution in [3.8, 4) is 0 Å². The Balaban J connectivity index is 2.52. The van der Waals surface area contributed by atoms with E-state index in [-0.39, 0.29) is 7.98 Å². The van der Waals surface area contributed by atoms with Gasteiger partial charge in [0.1, 0.15) is 0 Å². The molecular formula is C7H11ClSSi. The SMILES string of the molecule is CC1(S[SiH2]Cl)C=CC=CC1. The van der Waals surface area contributed by atoms with Crippen LogP contribution in [0.2, 0.25) is 0 Å². The van der Waals surface area contributed by atoms with Crippen molar-refractivity contribution >= 4 is 30.3 Å². The fourth-order valence-electron chi connectivity index (χ4n) is 0.939. The second kappa shape index (κ2) is 3.65. The normalized spacial score (nSPS) is 32.2. The molecule has 56 valence electrons. The third kappa shape index (κ3) is 2.18. The highest BCUT2D eigenvalue weighted by Gasteiger charge is 2.19. The minimum atomic E-state index is -0.384. The highest BCUT2D eigenvalue weighted by molar-refractivity contribution is 8.27. The quantitative estimate of drug-likeness (QED) is 0.476. The maximum atomic E-state index is 5.77. The third-order valence-electron chi connectivity index (χ3n) is 1.60. The lowest BCUT2D eigenvalue weighted by molar-refractivity contribution is 0.803. The van der Waals surface area contributed by atoms with E-state index in [1.54, 1.807) is 0 Å². The first-order valence-corrected chi connectivity index (χ1v) is 8.17. The van der Waals surface area contributed by atoms with Crippen LogP contribution >= 0.6 is 22.3 Å². The van der Waals surface area contributed by atoms with Crippen LogP contribution in [0, 0.1) is 0 Å². The van der Waals surface area contributed by atoms with Crippen molar-refractivity contribution in [2.75, 3.05) is 0 Å². The van der Waals surface area contributed by atoms with Gasteiger partial charge in [0.05, 0.1) is 0 Å². The molecule has 0 aromatic heterocycles. The molecule has 1 rings (SSSR count). The van der Waals surface area contributed by atoms with Crippen LogP contribution in [0.25, 0.3) is 0 Å². The largest absolute Gasteiger partial charge is 0.185 e. The molecule has 0 aliphatic heterocycles. The van der Waals surface area contributed by atoms with E-state index in [2.05, 4.69) is 31.2 Å². The average molecular weight is 191 g/mol. The van der Waals surface area contributed by atoms with Crippen molar-refractivity contribution < 1.29 is 0 Å². The van der Waals surface area contributed by atoms with Crippen molar-refractivity contribution in [3.63, 3.8) is 0 Å². The Morgan fingerprint density at radius 2 is 2.40 bits per heavy atom. The maximum absolute atomic E-state index is 5.77. The summed E-state index contributed by atoms with van der Waals surface area (Å²) in [4.78, 5) is 0. The Kier molecular flexibility index (Phi) is 3.08. The van der Waals surface area contributed by atoms with Gasteiger partial charge < -0.3 is 0 Å². The molecule has 1 atom stereocenters. The van der Waals surface area contributed by atoms with Crippen molar-refractivity contribution in [1.29, 1.82) is 0 Å². The lowest BCUT2D eigenvalue weighted by Gasteiger charge is -2.24. The van der Waals surface area contributed by atoms with Crippen LogP contribution in [-0.2, 0) is 0 Å². The highest BCUT2D eigenvalue weighted by atomic mass is 35.6. The van der Waals surface area contributed by atoms with Crippen LogP contribution < -0.4 is 0 Å². The molecule has 0 aromatic rings. The highest BCUT2D eigenvalue weighted by Crippen LogP contribution is 2.32. The summed E-state index contributed by atoms with van der Waals surface area (Å²) in [5, 5.41) is 0. The molecule has 0 heterocycles. The summed E-state index contributed by atoms with van der Waals surface area (Å²) in [5.74, 6) is 0. The van der Waals surface area contributed by atoms with E-state index >= 15 is 0 Å². The standard InChI is InChI=1S/C7H11ClSSi/c1-7(9-10-8)5-3-2-4-6-7/h2-5H,6,10H2,1H3. The van der Waals surface area contributed by atoms with Crippen LogP contribution in [-0.4, -0.2) is 12.7 Å². The molecule has 1 aliphatic carbocycles. The minimum Gasteiger partial charge on any atom is -0.163 e. The molecule has 0 fully saturated rings. The summed E-state index contributed by atoms with van der Waals surface area (Å²) in [6.45, 7) is 2.24. The molecule has 0 N–H and O–H groups in total. The number of halogens is 1. The predicted molar refractivity (Wildman–Crippen MR) is 53.3 cm³/mol. The summed E-state index contributed by atoms with van der Waals surface area (Å²) >= 11 is 7.69. The Labute approximate surface area is 72.9 Å². The molecule has 3 heteroatoms. The van der Waals surface area contributed by atoms with Gasteiger partial charge in [0.15, 0.2) is 7.98 Å². The van der Waals surface area contributed by atoms with Gasteiger partial charge in [0.2, 0.25) is 0 Å². The molecule has 0 saturated heterocycles. The van der Waals surface area contributed by atoms with Crippen LogP contribution in [0.1, 0.15) is 13.3 Å². The van der Waals surface area contributed by atoms with Crippen molar-refractivity contribution in [3.05, 3.63) is 24.3 Å². The monoisotopic (exact) mass is 190 g/mol. The molecular weight excluding hydrogens is 180 g/mol. The number of allylic oxidation sites excluding steroid dienone is 3. The Bertz CT molecular complexity index is 167. The number of rotatable bonds is 2. The lowest BCUT2D eigenvalue weighted by Crippen LogP contribution is -2.17. The van der Waals surface area contributed by atoms with Gasteiger partial charge in [-0.3, -0.25) is 0 Å². The van der Waals surface area contributed by atoms with Crippen molar-refractivity contribution in [1.82, 2.24) is 0 Å². The molecule has 0 radical (unpaired) electrons. The first-order chi connectivity index (χ1) is 4.77. The fraction of sp³-hybridized carbons (Fsp3) is 0.429. The molecule has 0 spiro atoms. The van der Waals surface area contributed by atoms with E-state index in [1.165, 1.54) is 0 Å². The van der Waals surface area contributed by atoms with Gasteiger partial charge in [-0.05, 0) is 13.3 Å². The van der Waals surface area contributed by atoms with Crippen LogP contribution in [0.3, 0.4) is 0 Å². The topological polar surface area (TPSA) is 0 Å². The summed E-state index contributed by atoms with van der Waals surface area (Å²) in [6.07, 6.45) is 9.78. The molecule has 1 unspecified atom stereocenters. The van der Waals surface area contributed by atoms with Crippen LogP contribution in [0.4, 0.5) is 0 Å². The van der Waals surface area contributed by atoms with Crippen LogP contribution in [0.15, 0.2) is 24.3 Å². The van der Waals surface area contributed by atoms with E-state index in [0.717, 1.165) is 6.42 Å². The zero-order valence-electron chi connectivity index (χ0n) is 6.01. The van der Waals surface area contributed by atoms with E-state index < -0.39 is 0 Å². The van der Waals surface area contributed by atoms with Gasteiger partial charge in [-0.15, -0.1) is 0 Å². The van der Waals surface area contributed by atoms with E-state index in [4.69, 9.17) is 11.1 Å². The number of hydrogen-bond acceptors (Lipinski definition) is 1. The van der Waals surface area contributed by atoms with Crippen molar-refractivity contribution in [2.24, 2.45) is 0 Å². The summed E-state index contributed by atoms with van der Waals surface area (Å²) < 4.78 is 0.308. The third-order valence-corrected chi connectivity index (χ3v) is 5.96. The summed E-state index contributed by atoms with van der Waals surface area (Å²) in [6, 6.07) is 0. The molecule has 0 saturated carbocycles. The molecule has 0 amide bonds. The van der Waals surface area contributed by atoms with E-state index in [1.807, 2.05) is 11.2 Å². The van der Waals surface area contributed by atoms with Gasteiger partial charge in [-0.2, -0.15) is 22.3 Å². The average Bonchev–Trinajstić information content (AvgIpc) is 1.89. The zero-order valence-corrected chi connectivity index (χ0v) is 9.00. The molecule has 0 bridgehead atoms. The molecule has 10 heavy (non-hydrogen) atoms. The Morgan fingerprint density at radius 3 is 2.90 bits per heavy atom. The molecule has 0 nitrogen and oxygen atoms in total. The van der Waals surface area contributed by atoms with Crippen molar-refractivity contribution in [2.45, 2.75) is 18.1 Å². The lowest BCUT2D eigenvalue weighted by atomic mass is 10.0.